The quantitative estimate of drug-likeness (QED) is 0.678. The smallest absolute Gasteiger partial charge is 0.00642 e. The maximum Gasteiger partial charge on any atom is 0.00642 e. The molecule has 1 aliphatic rings. The second-order valence-electron chi connectivity index (χ2n) is 6.04. The van der Waals surface area contributed by atoms with Gasteiger partial charge in [0.15, 0.2) is 0 Å². The Kier molecular flexibility index (Phi) is 7.11. The van der Waals surface area contributed by atoms with Gasteiger partial charge in [0.25, 0.3) is 0 Å². The zero-order valence-corrected chi connectivity index (χ0v) is 11.6. The van der Waals surface area contributed by atoms with Crippen molar-refractivity contribution in [2.45, 2.75) is 77.7 Å². The summed E-state index contributed by atoms with van der Waals surface area (Å²) in [6, 6.07) is 0.768. The molecule has 0 aromatic rings. The summed E-state index contributed by atoms with van der Waals surface area (Å²) >= 11 is 0. The molecular formula is C15H31N. The summed E-state index contributed by atoms with van der Waals surface area (Å²) in [7, 11) is 2.13. The molecule has 96 valence electrons. The van der Waals surface area contributed by atoms with Crippen molar-refractivity contribution in [1.82, 2.24) is 5.32 Å². The summed E-state index contributed by atoms with van der Waals surface area (Å²) < 4.78 is 0. The van der Waals surface area contributed by atoms with Crippen molar-refractivity contribution in [3.63, 3.8) is 0 Å². The van der Waals surface area contributed by atoms with Crippen molar-refractivity contribution < 1.29 is 0 Å². The Morgan fingerprint density at radius 1 is 1.00 bits per heavy atom. The molecule has 0 amide bonds. The zero-order chi connectivity index (χ0) is 11.8. The predicted octanol–water partition coefficient (Wildman–Crippen LogP) is 4.37. The van der Waals surface area contributed by atoms with Crippen molar-refractivity contribution in [2.24, 2.45) is 11.8 Å². The van der Waals surface area contributed by atoms with Crippen LogP contribution in [-0.2, 0) is 0 Å². The van der Waals surface area contributed by atoms with E-state index in [2.05, 4.69) is 26.2 Å². The molecule has 1 fully saturated rings. The van der Waals surface area contributed by atoms with Crippen LogP contribution in [0.25, 0.3) is 0 Å². The SMILES string of the molecule is CNC(CCC(C)C)CCC1CCCCC1. The molecule has 1 rings (SSSR count). The van der Waals surface area contributed by atoms with E-state index in [0.717, 1.165) is 17.9 Å². The van der Waals surface area contributed by atoms with Gasteiger partial charge in [-0.05, 0) is 44.6 Å². The Balaban J connectivity index is 2.11. The zero-order valence-electron chi connectivity index (χ0n) is 11.6. The van der Waals surface area contributed by atoms with Crippen LogP contribution >= 0.6 is 0 Å². The van der Waals surface area contributed by atoms with Gasteiger partial charge in [0, 0.05) is 6.04 Å². The van der Waals surface area contributed by atoms with Gasteiger partial charge in [0.05, 0.1) is 0 Å². The summed E-state index contributed by atoms with van der Waals surface area (Å²) in [6.45, 7) is 4.65. The second-order valence-corrected chi connectivity index (χ2v) is 6.04. The fraction of sp³-hybridized carbons (Fsp3) is 1.00. The molecule has 0 aliphatic heterocycles. The molecule has 1 saturated carbocycles. The van der Waals surface area contributed by atoms with Crippen LogP contribution in [0.15, 0.2) is 0 Å². The normalized spacial score (nSPS) is 20.2. The second kappa shape index (κ2) is 8.11. The summed E-state index contributed by atoms with van der Waals surface area (Å²) in [5.74, 6) is 1.90. The largest absolute Gasteiger partial charge is 0.317 e. The molecule has 0 aromatic carbocycles. The van der Waals surface area contributed by atoms with Crippen LogP contribution in [0.4, 0.5) is 0 Å². The van der Waals surface area contributed by atoms with Gasteiger partial charge in [-0.25, -0.2) is 0 Å². The molecule has 0 heterocycles. The lowest BCUT2D eigenvalue weighted by molar-refractivity contribution is 0.308. The monoisotopic (exact) mass is 225 g/mol. The van der Waals surface area contributed by atoms with Crippen LogP contribution in [0.3, 0.4) is 0 Å². The number of hydrogen-bond donors (Lipinski definition) is 1. The van der Waals surface area contributed by atoms with Crippen LogP contribution in [0, 0.1) is 11.8 Å². The van der Waals surface area contributed by atoms with Gasteiger partial charge in [0.2, 0.25) is 0 Å². The Morgan fingerprint density at radius 3 is 2.25 bits per heavy atom. The molecule has 1 heteroatoms. The topological polar surface area (TPSA) is 12.0 Å². The molecule has 0 saturated heterocycles. The Bertz CT molecular complexity index is 159. The van der Waals surface area contributed by atoms with Gasteiger partial charge in [-0.15, -0.1) is 0 Å². The fourth-order valence-electron chi connectivity index (χ4n) is 2.88. The first-order chi connectivity index (χ1) is 7.72. The minimum Gasteiger partial charge on any atom is -0.317 e. The van der Waals surface area contributed by atoms with Crippen molar-refractivity contribution in [3.05, 3.63) is 0 Å². The first-order valence-electron chi connectivity index (χ1n) is 7.39. The highest BCUT2D eigenvalue weighted by Gasteiger charge is 2.15. The molecule has 0 radical (unpaired) electrons. The molecule has 1 nitrogen and oxygen atoms in total. The van der Waals surface area contributed by atoms with Crippen LogP contribution in [0.5, 0.6) is 0 Å². The Morgan fingerprint density at radius 2 is 1.69 bits per heavy atom. The van der Waals surface area contributed by atoms with E-state index in [1.54, 1.807) is 0 Å². The van der Waals surface area contributed by atoms with Crippen LogP contribution < -0.4 is 5.32 Å². The molecule has 1 N–H and O–H groups in total. The first-order valence-corrected chi connectivity index (χ1v) is 7.39. The third-order valence-corrected chi connectivity index (χ3v) is 4.15. The number of hydrogen-bond acceptors (Lipinski definition) is 1. The molecule has 16 heavy (non-hydrogen) atoms. The summed E-state index contributed by atoms with van der Waals surface area (Å²) in [5.41, 5.74) is 0. The Hall–Kier alpha value is -0.0400. The third-order valence-electron chi connectivity index (χ3n) is 4.15. The minimum atomic E-state index is 0.768. The van der Waals surface area contributed by atoms with Gasteiger partial charge in [-0.1, -0.05) is 46.0 Å². The lowest BCUT2D eigenvalue weighted by atomic mass is 9.84. The van der Waals surface area contributed by atoms with E-state index in [9.17, 15) is 0 Å². The lowest BCUT2D eigenvalue weighted by Gasteiger charge is -2.24. The summed E-state index contributed by atoms with van der Waals surface area (Å²) in [5, 5.41) is 3.50. The van der Waals surface area contributed by atoms with Crippen molar-refractivity contribution >= 4 is 0 Å². The van der Waals surface area contributed by atoms with Gasteiger partial charge in [0.1, 0.15) is 0 Å². The molecular weight excluding hydrogens is 194 g/mol. The molecule has 1 atom stereocenters. The third kappa shape index (κ3) is 5.89. The van der Waals surface area contributed by atoms with Crippen LogP contribution in [0.2, 0.25) is 0 Å². The van der Waals surface area contributed by atoms with Gasteiger partial charge in [-0.2, -0.15) is 0 Å². The maximum absolute atomic E-state index is 3.50. The fourth-order valence-corrected chi connectivity index (χ4v) is 2.88. The highest BCUT2D eigenvalue weighted by Crippen LogP contribution is 2.28. The highest BCUT2D eigenvalue weighted by molar-refractivity contribution is 4.71. The van der Waals surface area contributed by atoms with E-state index in [1.165, 1.54) is 57.8 Å². The van der Waals surface area contributed by atoms with E-state index < -0.39 is 0 Å². The maximum atomic E-state index is 3.50. The molecule has 1 unspecified atom stereocenters. The van der Waals surface area contributed by atoms with Crippen molar-refractivity contribution in [2.75, 3.05) is 7.05 Å². The van der Waals surface area contributed by atoms with Gasteiger partial charge < -0.3 is 5.32 Å². The molecule has 0 spiro atoms. The van der Waals surface area contributed by atoms with E-state index in [0.29, 0.717) is 0 Å². The van der Waals surface area contributed by atoms with Gasteiger partial charge in [-0.3, -0.25) is 0 Å². The molecule has 0 aromatic heterocycles. The standard InChI is InChI=1S/C15H31N/c1-13(2)9-11-15(16-3)12-10-14-7-5-4-6-8-14/h13-16H,4-12H2,1-3H3. The average Bonchev–Trinajstić information content (AvgIpc) is 2.30. The van der Waals surface area contributed by atoms with E-state index >= 15 is 0 Å². The van der Waals surface area contributed by atoms with E-state index in [1.807, 2.05) is 0 Å². The van der Waals surface area contributed by atoms with Crippen LogP contribution in [-0.4, -0.2) is 13.1 Å². The first kappa shape index (κ1) is 14.0. The van der Waals surface area contributed by atoms with Gasteiger partial charge >= 0.3 is 0 Å². The minimum absolute atomic E-state index is 0.768. The summed E-state index contributed by atoms with van der Waals surface area (Å²) in [4.78, 5) is 0. The molecule has 1 aliphatic carbocycles. The van der Waals surface area contributed by atoms with Crippen molar-refractivity contribution in [1.29, 1.82) is 0 Å². The predicted molar refractivity (Wildman–Crippen MR) is 72.7 cm³/mol. The highest BCUT2D eigenvalue weighted by atomic mass is 14.9. The number of rotatable bonds is 7. The van der Waals surface area contributed by atoms with E-state index in [-0.39, 0.29) is 0 Å². The molecule has 0 bridgehead atoms. The summed E-state index contributed by atoms with van der Waals surface area (Å²) in [6.07, 6.45) is 13.1. The Labute approximate surface area is 102 Å². The van der Waals surface area contributed by atoms with Crippen molar-refractivity contribution in [3.8, 4) is 0 Å². The van der Waals surface area contributed by atoms with E-state index in [4.69, 9.17) is 0 Å². The number of nitrogens with one attached hydrogen (secondary N) is 1. The van der Waals surface area contributed by atoms with Crippen LogP contribution in [0.1, 0.15) is 71.6 Å². The average molecular weight is 225 g/mol. The lowest BCUT2D eigenvalue weighted by Crippen LogP contribution is -2.26.